The highest BCUT2D eigenvalue weighted by Crippen LogP contribution is 2.32. The normalized spacial score (nSPS) is 17.5. The van der Waals surface area contributed by atoms with E-state index in [2.05, 4.69) is 28.6 Å². The molecule has 0 spiro atoms. The fraction of sp³-hybridized carbons (Fsp3) is 0.623. The molecule has 0 aliphatic carbocycles. The number of ether oxygens (including phenoxy) is 1. The molecule has 2 saturated heterocycles. The van der Waals surface area contributed by atoms with Crippen LogP contribution < -0.4 is 21.7 Å². The van der Waals surface area contributed by atoms with Crippen LogP contribution in [-0.4, -0.2) is 184 Å². The lowest BCUT2D eigenvalue weighted by atomic mass is 9.92. The summed E-state index contributed by atoms with van der Waals surface area (Å²) in [6.07, 6.45) is 4.85. The van der Waals surface area contributed by atoms with Crippen molar-refractivity contribution < 1.29 is 43.1 Å². The van der Waals surface area contributed by atoms with Crippen molar-refractivity contribution in [3.8, 4) is 0 Å². The van der Waals surface area contributed by atoms with Crippen molar-refractivity contribution in [1.29, 1.82) is 0 Å². The molecule has 2 aliphatic heterocycles. The molecule has 0 radical (unpaired) electrons. The number of likely N-dealkylation sites (tertiary alicyclic amines) is 1. The molecule has 19 nitrogen and oxygen atoms in total. The zero-order chi connectivity index (χ0) is 61.0. The monoisotopic (exact) mass is 1200 g/mol. The second kappa shape index (κ2) is 33.2. The van der Waals surface area contributed by atoms with Gasteiger partial charge in [0.1, 0.15) is 34.9 Å². The lowest BCUT2D eigenvalue weighted by Crippen LogP contribution is -2.59. The van der Waals surface area contributed by atoms with Gasteiger partial charge in [0.05, 0.1) is 6.04 Å². The number of piperidine rings is 1. The van der Waals surface area contributed by atoms with E-state index in [1.54, 1.807) is 27.1 Å². The topological polar surface area (TPSA) is 237 Å². The highest BCUT2D eigenvalue weighted by atomic mass is 32.2. The van der Waals surface area contributed by atoms with E-state index in [1.807, 2.05) is 114 Å². The minimum absolute atomic E-state index is 0.00349. The number of thiazole rings is 1. The predicted molar refractivity (Wildman–Crippen MR) is 330 cm³/mol. The molecule has 0 bridgehead atoms. The quantitative estimate of drug-likeness (QED) is 0.0212. The van der Waals surface area contributed by atoms with Crippen molar-refractivity contribution in [2.45, 2.75) is 171 Å². The maximum Gasteiger partial charge on any atom is 0.303 e. The summed E-state index contributed by atoms with van der Waals surface area (Å²) >= 11 is 7.04. The van der Waals surface area contributed by atoms with Gasteiger partial charge in [-0.05, 0) is 88.2 Å². The zero-order valence-corrected chi connectivity index (χ0v) is 53.0. The molecule has 5 N–H and O–H groups in total. The number of aromatic nitrogens is 1. The maximum atomic E-state index is 14.9. The first kappa shape index (κ1) is 68.2. The van der Waals surface area contributed by atoms with Crippen LogP contribution in [-0.2, 0) is 44.7 Å². The molecule has 8 atom stereocenters. The number of benzene rings is 2. The predicted octanol–water partition coefficient (Wildman–Crippen LogP) is 6.37. The number of thioether (sulfide) groups is 1. The van der Waals surface area contributed by atoms with Crippen LogP contribution >= 0.6 is 35.7 Å². The fourth-order valence-corrected chi connectivity index (χ4v) is 12.5. The van der Waals surface area contributed by atoms with Gasteiger partial charge in [-0.15, -0.1) is 23.1 Å². The molecular weight excluding hydrogens is 1110 g/mol. The number of carbonyl (C=O) groups is 8. The Bertz CT molecular complexity index is 2600. The number of carbonyl (C=O) groups excluding carboxylic acids is 8. The molecule has 2 aromatic carbocycles. The van der Waals surface area contributed by atoms with Crippen molar-refractivity contribution in [2.75, 3.05) is 66.2 Å². The third-order valence-corrected chi connectivity index (χ3v) is 18.1. The lowest BCUT2D eigenvalue weighted by molar-refractivity contribution is -0.149. The van der Waals surface area contributed by atoms with E-state index < -0.39 is 60.0 Å². The minimum atomic E-state index is -1.14. The average Bonchev–Trinajstić information content (AvgIpc) is 4.18. The molecule has 2 fully saturated rings. The Morgan fingerprint density at radius 2 is 1.49 bits per heavy atom. The first-order valence-corrected chi connectivity index (χ1v) is 31.7. The molecule has 0 saturated carbocycles. The van der Waals surface area contributed by atoms with Gasteiger partial charge < -0.3 is 46.0 Å². The molecule has 5 rings (SSSR count). The van der Waals surface area contributed by atoms with Crippen LogP contribution in [0.15, 0.2) is 70.9 Å². The third kappa shape index (κ3) is 20.9. The van der Waals surface area contributed by atoms with Crippen LogP contribution in [0.1, 0.15) is 140 Å². The van der Waals surface area contributed by atoms with Crippen LogP contribution in [0, 0.1) is 11.8 Å². The van der Waals surface area contributed by atoms with Crippen LogP contribution in [0.3, 0.4) is 0 Å². The van der Waals surface area contributed by atoms with Crippen molar-refractivity contribution in [3.05, 3.63) is 82.3 Å². The van der Waals surface area contributed by atoms with Gasteiger partial charge in [0.15, 0.2) is 6.10 Å². The van der Waals surface area contributed by atoms with E-state index in [0.717, 1.165) is 41.2 Å². The lowest BCUT2D eigenvalue weighted by Gasteiger charge is -2.38. The SMILES string of the molecule is CC[C@H](C)[C@H](NC(=O)[C@H]1CCCCN1C)C(=O)N(C)[C@H](C[C@@H](OC(C)=O)c1nc(C(=O)N(C)[C@@H](CSc2ccccc2)C(=O)N[C@H](CCCCN)C(=O)N[C@@H](Cc2ccccc2)C(=O)N2CCN(C(=O)CCC(C)(C)S)CC2)cs1)C(C)C. The van der Waals surface area contributed by atoms with Gasteiger partial charge >= 0.3 is 5.97 Å². The van der Waals surface area contributed by atoms with Gasteiger partial charge in [0.25, 0.3) is 5.91 Å². The summed E-state index contributed by atoms with van der Waals surface area (Å²) < 4.78 is 5.63. The Labute approximate surface area is 506 Å². The minimum Gasteiger partial charge on any atom is -0.455 e. The number of rotatable bonds is 30. The van der Waals surface area contributed by atoms with Gasteiger partial charge in [-0.1, -0.05) is 103 Å². The van der Waals surface area contributed by atoms with Gasteiger partial charge in [0.2, 0.25) is 35.4 Å². The molecular formula is C61H92N10O9S3. The third-order valence-electron chi connectivity index (χ3n) is 15.9. The second-order valence-corrected chi connectivity index (χ2v) is 26.4. The number of nitrogens with zero attached hydrogens (tertiary/aromatic N) is 6. The molecule has 3 aromatic rings. The standard InChI is InChI=1S/C61H92N10O9S3/c1-11-41(4)53(66-55(75)48-27-19-21-31-67(48)8)60(79)68(9)49(40(2)3)37-51(80-42(5)72)57-65-47(38-83-57)58(77)69(10)50(39-82-44-24-16-13-17-25-44)56(76)63-45(26-18-20-30-62)54(74)64-46(36-43-22-14-12-15-23-43)59(78)71-34-32-70(33-35-71)52(73)28-29-61(6,7)81/h12-17,22-25,38,40-41,45-46,48-51,53,81H,11,18-21,26-37,39,62H2,1-10H3,(H,63,76)(H,64,74)(H,66,75)/t41-,45+,46-,48+,49+,50-,51+,53-/m0/s1. The Morgan fingerprint density at radius 3 is 2.10 bits per heavy atom. The van der Waals surface area contributed by atoms with Crippen molar-refractivity contribution >= 4 is 83.0 Å². The number of nitrogens with one attached hydrogen (secondary N) is 3. The van der Waals surface area contributed by atoms with Crippen molar-refractivity contribution in [2.24, 2.45) is 17.6 Å². The number of hydrogen-bond donors (Lipinski definition) is 5. The number of piperazine rings is 1. The average molecular weight is 1210 g/mol. The van der Waals surface area contributed by atoms with E-state index in [9.17, 15) is 38.4 Å². The highest BCUT2D eigenvalue weighted by Gasteiger charge is 2.39. The van der Waals surface area contributed by atoms with E-state index in [4.69, 9.17) is 15.5 Å². The zero-order valence-electron chi connectivity index (χ0n) is 50.5. The summed E-state index contributed by atoms with van der Waals surface area (Å²) in [6, 6.07) is 13.9. The molecule has 22 heteroatoms. The molecule has 7 amide bonds. The summed E-state index contributed by atoms with van der Waals surface area (Å²) in [5.41, 5.74) is 6.73. The molecule has 3 heterocycles. The summed E-state index contributed by atoms with van der Waals surface area (Å²) in [6.45, 7) is 15.5. The largest absolute Gasteiger partial charge is 0.455 e. The van der Waals surface area contributed by atoms with Crippen molar-refractivity contribution in [1.82, 2.24) is 45.4 Å². The summed E-state index contributed by atoms with van der Waals surface area (Å²) in [4.78, 5) is 127. The van der Waals surface area contributed by atoms with Gasteiger partial charge in [-0.3, -0.25) is 43.3 Å². The van der Waals surface area contributed by atoms with Gasteiger partial charge in [-0.2, -0.15) is 12.6 Å². The van der Waals surface area contributed by atoms with Crippen LogP contribution in [0.25, 0.3) is 0 Å². The Morgan fingerprint density at radius 1 is 0.855 bits per heavy atom. The molecule has 1 aromatic heterocycles. The fourth-order valence-electron chi connectivity index (χ4n) is 10.4. The van der Waals surface area contributed by atoms with Gasteiger partial charge in [0, 0.05) is 93.3 Å². The highest BCUT2D eigenvalue weighted by molar-refractivity contribution is 7.99. The smallest absolute Gasteiger partial charge is 0.303 e. The summed E-state index contributed by atoms with van der Waals surface area (Å²) in [7, 11) is 5.13. The van der Waals surface area contributed by atoms with Crippen LogP contribution in [0.4, 0.5) is 0 Å². The number of esters is 1. The first-order chi connectivity index (χ1) is 39.4. The summed E-state index contributed by atoms with van der Waals surface area (Å²) in [5, 5.41) is 10.9. The van der Waals surface area contributed by atoms with Crippen LogP contribution in [0.5, 0.6) is 0 Å². The van der Waals surface area contributed by atoms with Gasteiger partial charge in [-0.25, -0.2) is 4.98 Å². The van der Waals surface area contributed by atoms with E-state index >= 15 is 0 Å². The molecule has 0 unspecified atom stereocenters. The second-order valence-electron chi connectivity index (χ2n) is 23.2. The Balaban J connectivity index is 1.37. The van der Waals surface area contributed by atoms with Crippen LogP contribution in [0.2, 0.25) is 0 Å². The summed E-state index contributed by atoms with van der Waals surface area (Å²) in [5.74, 6) is -3.32. The molecule has 458 valence electrons. The number of amides is 7. The first-order valence-electron chi connectivity index (χ1n) is 29.4. The van der Waals surface area contributed by atoms with E-state index in [0.29, 0.717) is 63.2 Å². The molecule has 2 aliphatic rings. The number of unbranched alkanes of at least 4 members (excludes halogenated alkanes) is 1. The Kier molecular flexibility index (Phi) is 27.3. The van der Waals surface area contributed by atoms with Crippen molar-refractivity contribution in [3.63, 3.8) is 0 Å². The van der Waals surface area contributed by atoms with E-state index in [-0.39, 0.29) is 90.1 Å². The van der Waals surface area contributed by atoms with E-state index in [1.165, 1.54) is 30.6 Å². The molecule has 83 heavy (non-hydrogen) atoms. The number of thiol groups is 1. The number of likely N-dealkylation sites (N-methyl/N-ethyl adjacent to an activating group) is 3. The maximum absolute atomic E-state index is 14.9. The Hall–Kier alpha value is -5.55. The number of nitrogens with two attached hydrogens (primary N) is 1. The number of hydrogen-bond acceptors (Lipinski definition) is 15.